The summed E-state index contributed by atoms with van der Waals surface area (Å²) in [6, 6.07) is 4.31. The summed E-state index contributed by atoms with van der Waals surface area (Å²) in [4.78, 5) is 0. The van der Waals surface area contributed by atoms with Gasteiger partial charge in [-0.1, -0.05) is 12.2 Å². The van der Waals surface area contributed by atoms with Crippen molar-refractivity contribution < 1.29 is 19.1 Å². The molecule has 1 aromatic rings. The molecule has 4 atom stereocenters. The van der Waals surface area contributed by atoms with E-state index in [9.17, 15) is 5.11 Å². The Morgan fingerprint density at radius 1 is 1.36 bits per heavy atom. The highest BCUT2D eigenvalue weighted by atomic mass is 16.5. The SMILES string of the molecule is COc1ccc2c3c1OC1CC(O)C=CC31CC[N+](C)(CC1CC1)C2. The average molecular weight is 342 g/mol. The van der Waals surface area contributed by atoms with Crippen LogP contribution < -0.4 is 9.47 Å². The number of benzene rings is 1. The number of hydrogen-bond acceptors (Lipinski definition) is 3. The van der Waals surface area contributed by atoms with Crippen LogP contribution >= 0.6 is 0 Å². The van der Waals surface area contributed by atoms with Crippen molar-refractivity contribution in [3.63, 3.8) is 0 Å². The summed E-state index contributed by atoms with van der Waals surface area (Å²) in [6.07, 6.45) is 8.38. The quantitative estimate of drug-likeness (QED) is 0.678. The van der Waals surface area contributed by atoms with Gasteiger partial charge < -0.3 is 19.1 Å². The van der Waals surface area contributed by atoms with Crippen LogP contribution in [-0.2, 0) is 12.0 Å². The molecule has 0 bridgehead atoms. The number of quaternary nitrogens is 1. The number of aliphatic hydroxyl groups is 1. The van der Waals surface area contributed by atoms with E-state index in [-0.39, 0.29) is 11.5 Å². The van der Waals surface area contributed by atoms with Crippen LogP contribution in [0.5, 0.6) is 11.5 Å². The molecule has 0 amide bonds. The molecule has 0 radical (unpaired) electrons. The third-order valence-corrected chi connectivity index (χ3v) is 6.81. The molecule has 134 valence electrons. The first-order chi connectivity index (χ1) is 12.0. The first-order valence-electron chi connectivity index (χ1n) is 9.61. The van der Waals surface area contributed by atoms with Gasteiger partial charge >= 0.3 is 0 Å². The molecular formula is C21H28NO3+. The normalized spacial score (nSPS) is 38.5. The van der Waals surface area contributed by atoms with Crippen molar-refractivity contribution in [3.05, 3.63) is 35.4 Å². The van der Waals surface area contributed by atoms with Crippen molar-refractivity contribution in [1.29, 1.82) is 0 Å². The van der Waals surface area contributed by atoms with E-state index in [2.05, 4.69) is 25.3 Å². The van der Waals surface area contributed by atoms with Gasteiger partial charge in [0.15, 0.2) is 11.5 Å². The fourth-order valence-corrected chi connectivity index (χ4v) is 5.36. The first kappa shape index (κ1) is 15.7. The highest BCUT2D eigenvalue weighted by Crippen LogP contribution is 2.56. The second kappa shape index (κ2) is 5.24. The van der Waals surface area contributed by atoms with Gasteiger partial charge in [0.1, 0.15) is 12.6 Å². The minimum absolute atomic E-state index is 0.0185. The lowest BCUT2D eigenvalue weighted by Gasteiger charge is -2.37. The standard InChI is InChI=1S/C21H28NO3/c1-22(12-14-3-4-14)10-9-21-8-7-16(23)11-18(21)25-20-17(24-2)6-5-15(13-22)19(20)21/h5-8,14,16,18,23H,3-4,9-13H2,1-2H3/q+1. The number of aliphatic hydroxyl groups excluding tert-OH is 1. The number of nitrogens with zero attached hydrogens (tertiary/aromatic N) is 1. The summed E-state index contributed by atoms with van der Waals surface area (Å²) < 4.78 is 13.1. The van der Waals surface area contributed by atoms with Crippen LogP contribution in [0.2, 0.25) is 0 Å². The van der Waals surface area contributed by atoms with E-state index >= 15 is 0 Å². The summed E-state index contributed by atoms with van der Waals surface area (Å²) >= 11 is 0. The third kappa shape index (κ3) is 2.34. The van der Waals surface area contributed by atoms with Gasteiger partial charge in [-0.05, 0) is 25.0 Å². The predicted molar refractivity (Wildman–Crippen MR) is 95.8 cm³/mol. The molecule has 2 aliphatic carbocycles. The Labute approximate surface area is 149 Å². The van der Waals surface area contributed by atoms with Gasteiger partial charge in [0.2, 0.25) is 0 Å². The van der Waals surface area contributed by atoms with Crippen molar-refractivity contribution in [2.45, 2.75) is 49.9 Å². The molecule has 5 rings (SSSR count). The first-order valence-corrected chi connectivity index (χ1v) is 9.61. The molecule has 1 fully saturated rings. The largest absolute Gasteiger partial charge is 0.493 e. The second-order valence-corrected chi connectivity index (χ2v) is 8.82. The zero-order chi connectivity index (χ0) is 17.2. The molecule has 1 spiro atoms. The van der Waals surface area contributed by atoms with Gasteiger partial charge in [-0.2, -0.15) is 0 Å². The molecule has 4 unspecified atom stereocenters. The summed E-state index contributed by atoms with van der Waals surface area (Å²) in [5, 5.41) is 10.2. The van der Waals surface area contributed by atoms with Crippen molar-refractivity contribution in [3.8, 4) is 11.5 Å². The lowest BCUT2D eigenvalue weighted by molar-refractivity contribution is -0.924. The van der Waals surface area contributed by atoms with Crippen LogP contribution in [0, 0.1) is 5.92 Å². The van der Waals surface area contributed by atoms with Crippen LogP contribution in [-0.4, -0.2) is 49.0 Å². The Hall–Kier alpha value is -1.52. The van der Waals surface area contributed by atoms with Gasteiger partial charge in [0, 0.05) is 29.9 Å². The van der Waals surface area contributed by atoms with E-state index in [1.807, 2.05) is 6.08 Å². The van der Waals surface area contributed by atoms with E-state index in [1.54, 1.807) is 7.11 Å². The highest BCUT2D eigenvalue weighted by molar-refractivity contribution is 5.60. The van der Waals surface area contributed by atoms with E-state index < -0.39 is 6.10 Å². The monoisotopic (exact) mass is 342 g/mol. The zero-order valence-electron chi connectivity index (χ0n) is 15.2. The van der Waals surface area contributed by atoms with Crippen LogP contribution in [0.15, 0.2) is 24.3 Å². The lowest BCUT2D eigenvalue weighted by Crippen LogP contribution is -2.47. The Balaban J connectivity index is 1.65. The van der Waals surface area contributed by atoms with Crippen molar-refractivity contribution in [2.75, 3.05) is 27.2 Å². The second-order valence-electron chi connectivity index (χ2n) is 8.82. The van der Waals surface area contributed by atoms with Crippen LogP contribution in [0.4, 0.5) is 0 Å². The van der Waals surface area contributed by atoms with E-state index in [0.29, 0.717) is 6.42 Å². The van der Waals surface area contributed by atoms with E-state index in [0.717, 1.165) is 41.4 Å². The summed E-state index contributed by atoms with van der Waals surface area (Å²) in [6.45, 7) is 3.51. The van der Waals surface area contributed by atoms with Gasteiger partial charge in [0.05, 0.1) is 38.8 Å². The number of ether oxygens (including phenoxy) is 2. The topological polar surface area (TPSA) is 38.7 Å². The molecule has 25 heavy (non-hydrogen) atoms. The number of hydrogen-bond donors (Lipinski definition) is 1. The summed E-state index contributed by atoms with van der Waals surface area (Å²) in [7, 11) is 4.13. The minimum Gasteiger partial charge on any atom is -0.493 e. The maximum Gasteiger partial charge on any atom is 0.166 e. The van der Waals surface area contributed by atoms with Gasteiger partial charge in [-0.25, -0.2) is 0 Å². The molecule has 2 aliphatic heterocycles. The lowest BCUT2D eigenvalue weighted by atomic mass is 9.69. The molecule has 1 aromatic carbocycles. The molecule has 0 aromatic heterocycles. The average Bonchev–Trinajstić information content (AvgIpc) is 3.33. The molecule has 0 saturated heterocycles. The van der Waals surface area contributed by atoms with Crippen LogP contribution in [0.25, 0.3) is 0 Å². The molecule has 4 nitrogen and oxygen atoms in total. The van der Waals surface area contributed by atoms with E-state index in [4.69, 9.17) is 9.47 Å². The maximum atomic E-state index is 10.2. The predicted octanol–water partition coefficient (Wildman–Crippen LogP) is 2.78. The zero-order valence-corrected chi connectivity index (χ0v) is 15.2. The Kier molecular flexibility index (Phi) is 3.29. The molecular weight excluding hydrogens is 314 g/mol. The third-order valence-electron chi connectivity index (χ3n) is 6.81. The molecule has 2 heterocycles. The Morgan fingerprint density at radius 2 is 2.20 bits per heavy atom. The molecule has 1 saturated carbocycles. The van der Waals surface area contributed by atoms with E-state index in [1.165, 1.54) is 30.5 Å². The minimum atomic E-state index is -0.407. The Bertz CT molecular complexity index is 741. The maximum absolute atomic E-state index is 10.2. The molecule has 1 N–H and O–H groups in total. The number of rotatable bonds is 3. The van der Waals surface area contributed by atoms with Gasteiger partial charge in [-0.15, -0.1) is 0 Å². The summed E-state index contributed by atoms with van der Waals surface area (Å²) in [5.41, 5.74) is 2.63. The highest BCUT2D eigenvalue weighted by Gasteiger charge is 2.55. The van der Waals surface area contributed by atoms with Gasteiger partial charge in [0.25, 0.3) is 0 Å². The van der Waals surface area contributed by atoms with Crippen LogP contribution in [0.1, 0.15) is 36.8 Å². The van der Waals surface area contributed by atoms with Crippen molar-refractivity contribution in [2.24, 2.45) is 5.92 Å². The summed E-state index contributed by atoms with van der Waals surface area (Å²) in [5.74, 6) is 2.66. The van der Waals surface area contributed by atoms with Crippen molar-refractivity contribution >= 4 is 0 Å². The molecule has 4 heteroatoms. The van der Waals surface area contributed by atoms with Crippen molar-refractivity contribution in [1.82, 2.24) is 0 Å². The van der Waals surface area contributed by atoms with Crippen LogP contribution in [0.3, 0.4) is 0 Å². The number of methoxy groups -OCH3 is 1. The smallest absolute Gasteiger partial charge is 0.166 e. The molecule has 4 aliphatic rings. The van der Waals surface area contributed by atoms with Gasteiger partial charge in [-0.3, -0.25) is 0 Å². The fraction of sp³-hybridized carbons (Fsp3) is 0.619. The Morgan fingerprint density at radius 3 is 2.96 bits per heavy atom. The fourth-order valence-electron chi connectivity index (χ4n) is 5.36.